The van der Waals surface area contributed by atoms with Crippen molar-refractivity contribution < 1.29 is 29.6 Å². The van der Waals surface area contributed by atoms with Crippen LogP contribution in [0.5, 0.6) is 17.2 Å². The molecule has 2 bridgehead atoms. The molecule has 0 spiro atoms. The highest BCUT2D eigenvalue weighted by Gasteiger charge is 2.43. The van der Waals surface area contributed by atoms with E-state index < -0.39 is 18.2 Å². The maximum atomic E-state index is 13.0. The number of rotatable bonds is 13. The Bertz CT molecular complexity index is 2080. The van der Waals surface area contributed by atoms with Crippen molar-refractivity contribution in [1.82, 2.24) is 20.1 Å². The number of ether oxygens (including phenoxy) is 2. The number of aromatic hydroxyl groups is 1. The molecule has 1 amide bonds. The van der Waals surface area contributed by atoms with E-state index in [0.29, 0.717) is 34.9 Å². The van der Waals surface area contributed by atoms with E-state index >= 15 is 0 Å². The monoisotopic (exact) mass is 704 g/mol. The number of pyridine rings is 1. The minimum atomic E-state index is -0.915. The summed E-state index contributed by atoms with van der Waals surface area (Å²) in [6.07, 6.45) is 0.228. The van der Waals surface area contributed by atoms with Gasteiger partial charge in [0.15, 0.2) is 0 Å². The molecule has 5 aromatic rings. The first-order chi connectivity index (χ1) is 25.3. The summed E-state index contributed by atoms with van der Waals surface area (Å²) in [6.45, 7) is 3.75. The number of phenols is 1. The van der Waals surface area contributed by atoms with E-state index in [0.717, 1.165) is 54.7 Å². The highest BCUT2D eigenvalue weighted by molar-refractivity contribution is 5.87. The molecule has 8 rings (SSSR count). The van der Waals surface area contributed by atoms with Gasteiger partial charge in [-0.05, 0) is 84.4 Å². The summed E-state index contributed by atoms with van der Waals surface area (Å²) in [5.74, 6) is 1.60. The van der Waals surface area contributed by atoms with Crippen molar-refractivity contribution in [2.24, 2.45) is 5.92 Å². The van der Waals surface area contributed by atoms with Gasteiger partial charge in [0.2, 0.25) is 5.56 Å². The molecule has 3 fully saturated rings. The predicted molar refractivity (Wildman–Crippen MR) is 198 cm³/mol. The van der Waals surface area contributed by atoms with Crippen molar-refractivity contribution in [3.8, 4) is 17.2 Å². The number of piperidine rings is 3. The number of aliphatic hydroxyl groups is 1. The molecule has 1 aromatic heterocycles. The molecule has 11 nitrogen and oxygen atoms in total. The van der Waals surface area contributed by atoms with Crippen LogP contribution in [0, 0.1) is 5.92 Å². The lowest BCUT2D eigenvalue weighted by Crippen LogP contribution is -2.59. The Morgan fingerprint density at radius 2 is 1.77 bits per heavy atom. The summed E-state index contributed by atoms with van der Waals surface area (Å²) in [5, 5.41) is 35.6. The third-order valence-electron chi connectivity index (χ3n) is 10.4. The van der Waals surface area contributed by atoms with Crippen molar-refractivity contribution in [3.05, 3.63) is 135 Å². The number of carboxylic acid groups (broad SMARTS) is 1. The van der Waals surface area contributed by atoms with Crippen molar-refractivity contribution in [2.75, 3.05) is 33.3 Å². The van der Waals surface area contributed by atoms with Crippen LogP contribution in [0.1, 0.15) is 52.8 Å². The Balaban J connectivity index is 1.03. The first kappa shape index (κ1) is 35.1. The van der Waals surface area contributed by atoms with Gasteiger partial charge in [-0.1, -0.05) is 60.7 Å². The SMILES string of the molecule is COc1cc(COc2cccc(C(c3ccccc3)N(C(=O)O)[C@H]3CN4CCC3CC4)c2)ccc1CNC[C@@H](O)c1ccc(O)c2[nH]c(=O)ccc12. The van der Waals surface area contributed by atoms with Crippen LogP contribution in [-0.2, 0) is 13.2 Å². The van der Waals surface area contributed by atoms with Crippen molar-refractivity contribution in [3.63, 3.8) is 0 Å². The van der Waals surface area contributed by atoms with Crippen LogP contribution >= 0.6 is 0 Å². The highest BCUT2D eigenvalue weighted by atomic mass is 16.5. The smallest absolute Gasteiger partial charge is 0.408 e. The number of benzene rings is 4. The fourth-order valence-corrected chi connectivity index (χ4v) is 7.81. The van der Waals surface area contributed by atoms with Crippen molar-refractivity contribution in [1.29, 1.82) is 0 Å². The molecule has 3 atom stereocenters. The molecule has 3 saturated heterocycles. The van der Waals surface area contributed by atoms with E-state index in [1.165, 1.54) is 12.1 Å². The van der Waals surface area contributed by atoms with Gasteiger partial charge in [-0.3, -0.25) is 9.69 Å². The molecule has 1 unspecified atom stereocenters. The number of phenolic OH excluding ortho intramolecular Hbond substituents is 1. The van der Waals surface area contributed by atoms with Gasteiger partial charge in [-0.25, -0.2) is 4.79 Å². The molecule has 52 heavy (non-hydrogen) atoms. The average molecular weight is 705 g/mol. The summed E-state index contributed by atoms with van der Waals surface area (Å²) >= 11 is 0. The average Bonchev–Trinajstić information content (AvgIpc) is 3.17. The second-order valence-corrected chi connectivity index (χ2v) is 13.6. The lowest BCUT2D eigenvalue weighted by molar-refractivity contribution is -0.000812. The van der Waals surface area contributed by atoms with E-state index in [9.17, 15) is 24.9 Å². The van der Waals surface area contributed by atoms with Crippen LogP contribution in [-0.4, -0.2) is 75.5 Å². The standard InChI is InChI=1S/C41H44N4O7/c1-51-37-20-26(10-11-30(37)22-42-23-36(47)32-12-14-35(46)39-33(32)13-15-38(48)43-39)25-52-31-9-5-8-29(21-31)40(28-6-3-2-4-7-28)45(41(49)50)34-24-44-18-16-27(34)17-19-44/h2-15,20-21,27,34,36,40,42,46-47H,16-19,22-25H2,1H3,(H,43,48)(H,49,50)/t34-,36+,40?/m0/s1. The molecule has 4 aromatic carbocycles. The second-order valence-electron chi connectivity index (χ2n) is 13.6. The Labute approximate surface area is 302 Å². The summed E-state index contributed by atoms with van der Waals surface area (Å²) in [5.41, 5.74) is 4.12. The number of aromatic nitrogens is 1. The number of hydrogen-bond donors (Lipinski definition) is 5. The van der Waals surface area contributed by atoms with Crippen LogP contribution in [0.2, 0.25) is 0 Å². The van der Waals surface area contributed by atoms with Gasteiger partial charge in [0, 0.05) is 36.7 Å². The predicted octanol–water partition coefficient (Wildman–Crippen LogP) is 5.81. The quantitative estimate of drug-likeness (QED) is 0.103. The first-order valence-electron chi connectivity index (χ1n) is 17.7. The number of hydrogen-bond acceptors (Lipinski definition) is 8. The summed E-state index contributed by atoms with van der Waals surface area (Å²) in [7, 11) is 1.61. The normalized spacial score (nSPS) is 19.2. The van der Waals surface area contributed by atoms with Crippen molar-refractivity contribution in [2.45, 2.75) is 44.2 Å². The zero-order valence-corrected chi connectivity index (χ0v) is 29.1. The number of fused-ring (bicyclic) bond motifs is 4. The topological polar surface area (TPSA) is 148 Å². The minimum Gasteiger partial charge on any atom is -0.506 e. The number of H-pyrrole nitrogens is 1. The molecule has 0 saturated carbocycles. The number of carbonyl (C=O) groups is 1. The molecule has 3 aliphatic heterocycles. The number of amides is 1. The van der Waals surface area contributed by atoms with Crippen LogP contribution in [0.25, 0.3) is 10.9 Å². The first-order valence-corrected chi connectivity index (χ1v) is 17.7. The Hall–Kier alpha value is -5.36. The fourth-order valence-electron chi connectivity index (χ4n) is 7.81. The van der Waals surface area contributed by atoms with Crippen LogP contribution < -0.4 is 20.3 Å². The number of aliphatic hydroxyl groups excluding tert-OH is 1. The van der Waals surface area contributed by atoms with Crippen LogP contribution in [0.15, 0.2) is 102 Å². The highest BCUT2D eigenvalue weighted by Crippen LogP contribution is 2.39. The van der Waals surface area contributed by atoms with Gasteiger partial charge < -0.3 is 40.0 Å². The van der Waals surface area contributed by atoms with Gasteiger partial charge in [-0.15, -0.1) is 0 Å². The molecule has 0 aliphatic carbocycles. The van der Waals surface area contributed by atoms with E-state index in [1.807, 2.05) is 72.8 Å². The lowest BCUT2D eigenvalue weighted by atomic mass is 9.81. The Morgan fingerprint density at radius 3 is 2.50 bits per heavy atom. The lowest BCUT2D eigenvalue weighted by Gasteiger charge is -2.50. The van der Waals surface area contributed by atoms with Gasteiger partial charge in [-0.2, -0.15) is 0 Å². The van der Waals surface area contributed by atoms with E-state index in [4.69, 9.17) is 9.47 Å². The van der Waals surface area contributed by atoms with Gasteiger partial charge in [0.1, 0.15) is 23.9 Å². The molecular weight excluding hydrogens is 660 g/mol. The Morgan fingerprint density at radius 1 is 0.981 bits per heavy atom. The van der Waals surface area contributed by atoms with Crippen molar-refractivity contribution >= 4 is 17.0 Å². The zero-order valence-electron chi connectivity index (χ0n) is 29.1. The molecule has 0 radical (unpaired) electrons. The fraction of sp³-hybridized carbons (Fsp3) is 0.317. The van der Waals surface area contributed by atoms with Crippen LogP contribution in [0.4, 0.5) is 4.79 Å². The third kappa shape index (κ3) is 7.48. The third-order valence-corrected chi connectivity index (χ3v) is 10.4. The molecule has 11 heteroatoms. The van der Waals surface area contributed by atoms with Gasteiger partial charge in [0.05, 0.1) is 30.8 Å². The summed E-state index contributed by atoms with van der Waals surface area (Å²) in [4.78, 5) is 31.5. The molecule has 270 valence electrons. The largest absolute Gasteiger partial charge is 0.506 e. The minimum absolute atomic E-state index is 0.0565. The number of methoxy groups -OCH3 is 1. The summed E-state index contributed by atoms with van der Waals surface area (Å²) in [6, 6.07) is 28.9. The molecular formula is C41H44N4O7. The van der Waals surface area contributed by atoms with E-state index in [-0.39, 0.29) is 36.0 Å². The second kappa shape index (κ2) is 15.5. The Kier molecular flexibility index (Phi) is 10.4. The van der Waals surface area contributed by atoms with Gasteiger partial charge in [0.25, 0.3) is 0 Å². The molecule has 5 N–H and O–H groups in total. The number of nitrogens with zero attached hydrogens (tertiary/aromatic N) is 2. The number of nitrogens with one attached hydrogen (secondary N) is 2. The maximum Gasteiger partial charge on any atom is 0.408 e. The van der Waals surface area contributed by atoms with E-state index in [2.05, 4.69) is 15.2 Å². The molecule has 4 heterocycles. The summed E-state index contributed by atoms with van der Waals surface area (Å²) < 4.78 is 12.0. The van der Waals surface area contributed by atoms with Crippen LogP contribution in [0.3, 0.4) is 0 Å². The molecule has 3 aliphatic rings. The van der Waals surface area contributed by atoms with E-state index in [1.54, 1.807) is 24.1 Å². The van der Waals surface area contributed by atoms with Gasteiger partial charge >= 0.3 is 6.09 Å². The maximum absolute atomic E-state index is 13.0. The number of aromatic amines is 1. The zero-order chi connectivity index (χ0) is 36.2.